The van der Waals surface area contributed by atoms with Crippen molar-refractivity contribution in [1.82, 2.24) is 4.90 Å². The summed E-state index contributed by atoms with van der Waals surface area (Å²) in [5.74, 6) is 0.0827. The van der Waals surface area contributed by atoms with Crippen molar-refractivity contribution < 1.29 is 9.90 Å². The van der Waals surface area contributed by atoms with Crippen molar-refractivity contribution in [3.8, 4) is 0 Å². The van der Waals surface area contributed by atoms with Crippen molar-refractivity contribution >= 4 is 5.91 Å². The molecule has 10 heavy (non-hydrogen) atoms. The molecule has 0 saturated heterocycles. The highest BCUT2D eigenvalue weighted by Gasteiger charge is 2.26. The van der Waals surface area contributed by atoms with Crippen LogP contribution in [-0.4, -0.2) is 28.5 Å². The number of nitrogens with zero attached hydrogens (tertiary/aromatic N) is 1. The first kappa shape index (κ1) is 7.12. The van der Waals surface area contributed by atoms with Gasteiger partial charge in [0, 0.05) is 12.6 Å². The fourth-order valence-corrected chi connectivity index (χ4v) is 1.11. The van der Waals surface area contributed by atoms with Gasteiger partial charge in [0.05, 0.1) is 6.04 Å². The lowest BCUT2D eigenvalue weighted by Crippen LogP contribution is -2.32. The Kier molecular flexibility index (Phi) is 1.66. The van der Waals surface area contributed by atoms with Crippen molar-refractivity contribution in [1.29, 1.82) is 0 Å². The largest absolute Gasteiger partial charge is 0.510 e. The molecule has 0 aromatic carbocycles. The molecule has 0 saturated carbocycles. The van der Waals surface area contributed by atoms with Crippen molar-refractivity contribution in [2.45, 2.75) is 19.9 Å². The standard InChI is InChI=1S/C7H11NO2/c1-3-8-5(2)6(9)4-7(8)10/h4-5,9H,3H2,1-2H3. The van der Waals surface area contributed by atoms with Crippen LogP contribution in [0.15, 0.2) is 11.8 Å². The smallest absolute Gasteiger partial charge is 0.250 e. The van der Waals surface area contributed by atoms with E-state index in [0.29, 0.717) is 6.54 Å². The molecule has 1 aliphatic rings. The first-order valence-corrected chi connectivity index (χ1v) is 3.38. The molecule has 0 aromatic rings. The molecule has 0 aromatic heterocycles. The second-order valence-corrected chi connectivity index (χ2v) is 2.37. The van der Waals surface area contributed by atoms with E-state index in [1.807, 2.05) is 6.92 Å². The highest BCUT2D eigenvalue weighted by molar-refractivity contribution is 5.91. The second-order valence-electron chi connectivity index (χ2n) is 2.37. The van der Waals surface area contributed by atoms with Crippen LogP contribution in [0.4, 0.5) is 0 Å². The van der Waals surface area contributed by atoms with E-state index in [1.54, 1.807) is 11.8 Å². The molecule has 3 nitrogen and oxygen atoms in total. The van der Waals surface area contributed by atoms with E-state index in [0.717, 1.165) is 0 Å². The maximum Gasteiger partial charge on any atom is 0.250 e. The molecule has 1 aliphatic heterocycles. The van der Waals surface area contributed by atoms with Gasteiger partial charge in [-0.25, -0.2) is 0 Å². The van der Waals surface area contributed by atoms with Gasteiger partial charge in [0.15, 0.2) is 0 Å². The van der Waals surface area contributed by atoms with Crippen LogP contribution < -0.4 is 0 Å². The average Bonchev–Trinajstić information content (AvgIpc) is 2.09. The first-order chi connectivity index (χ1) is 4.66. The number of amides is 1. The summed E-state index contributed by atoms with van der Waals surface area (Å²) in [7, 11) is 0. The molecule has 1 atom stereocenters. The van der Waals surface area contributed by atoms with Gasteiger partial charge in [-0.1, -0.05) is 0 Å². The molecule has 3 heteroatoms. The Hall–Kier alpha value is -0.990. The van der Waals surface area contributed by atoms with Gasteiger partial charge in [0.2, 0.25) is 0 Å². The number of aliphatic hydroxyl groups is 1. The van der Waals surface area contributed by atoms with E-state index in [1.165, 1.54) is 6.08 Å². The van der Waals surface area contributed by atoms with Crippen molar-refractivity contribution in [3.63, 3.8) is 0 Å². The Labute approximate surface area is 59.9 Å². The minimum Gasteiger partial charge on any atom is -0.510 e. The summed E-state index contributed by atoms with van der Waals surface area (Å²) in [6.07, 6.45) is 1.27. The quantitative estimate of drug-likeness (QED) is 0.583. The van der Waals surface area contributed by atoms with E-state index < -0.39 is 0 Å². The first-order valence-electron chi connectivity index (χ1n) is 3.38. The lowest BCUT2D eigenvalue weighted by molar-refractivity contribution is -0.125. The number of hydrogen-bond donors (Lipinski definition) is 1. The van der Waals surface area contributed by atoms with Gasteiger partial charge in [0.25, 0.3) is 5.91 Å². The van der Waals surface area contributed by atoms with Crippen LogP contribution in [0.5, 0.6) is 0 Å². The lowest BCUT2D eigenvalue weighted by Gasteiger charge is -2.19. The van der Waals surface area contributed by atoms with Gasteiger partial charge < -0.3 is 10.0 Å². The van der Waals surface area contributed by atoms with E-state index in [2.05, 4.69) is 0 Å². The summed E-state index contributed by atoms with van der Waals surface area (Å²) < 4.78 is 0. The van der Waals surface area contributed by atoms with Crippen LogP contribution in [-0.2, 0) is 4.79 Å². The van der Waals surface area contributed by atoms with E-state index in [9.17, 15) is 4.79 Å². The summed E-state index contributed by atoms with van der Waals surface area (Å²) in [4.78, 5) is 12.5. The van der Waals surface area contributed by atoms with E-state index >= 15 is 0 Å². The Bertz CT molecular complexity index is 186. The maximum absolute atomic E-state index is 10.9. The van der Waals surface area contributed by atoms with Gasteiger partial charge >= 0.3 is 0 Å². The Morgan fingerprint density at radius 1 is 1.80 bits per heavy atom. The molecular weight excluding hydrogens is 130 g/mol. The van der Waals surface area contributed by atoms with Gasteiger partial charge in [-0.15, -0.1) is 0 Å². The molecule has 0 bridgehead atoms. The maximum atomic E-state index is 10.9. The third-order valence-corrected chi connectivity index (χ3v) is 1.79. The SMILES string of the molecule is CCN1C(=O)C=C(O)C1C. The topological polar surface area (TPSA) is 40.5 Å². The predicted octanol–water partition coefficient (Wildman–Crippen LogP) is 0.679. The zero-order valence-electron chi connectivity index (χ0n) is 6.16. The molecule has 1 amide bonds. The Morgan fingerprint density at radius 3 is 2.60 bits per heavy atom. The molecular formula is C7H11NO2. The Morgan fingerprint density at radius 2 is 2.40 bits per heavy atom. The third kappa shape index (κ3) is 0.875. The number of hydrogen-bond acceptors (Lipinski definition) is 2. The molecule has 0 fully saturated rings. The van der Waals surface area contributed by atoms with Crippen LogP contribution in [0.1, 0.15) is 13.8 Å². The van der Waals surface area contributed by atoms with Crippen molar-refractivity contribution in [3.05, 3.63) is 11.8 Å². The Balaban J connectivity index is 2.76. The number of rotatable bonds is 1. The molecule has 1 heterocycles. The minimum absolute atomic E-state index is 0.0903. The van der Waals surface area contributed by atoms with Crippen LogP contribution >= 0.6 is 0 Å². The summed E-state index contributed by atoms with van der Waals surface area (Å²) in [5.41, 5.74) is 0. The van der Waals surface area contributed by atoms with Crippen LogP contribution in [0, 0.1) is 0 Å². The van der Waals surface area contributed by atoms with Gasteiger partial charge in [-0.3, -0.25) is 4.79 Å². The zero-order chi connectivity index (χ0) is 7.72. The highest BCUT2D eigenvalue weighted by Crippen LogP contribution is 2.15. The summed E-state index contributed by atoms with van der Waals surface area (Å²) in [6.45, 7) is 4.35. The van der Waals surface area contributed by atoms with E-state index in [-0.39, 0.29) is 17.7 Å². The number of aliphatic hydroxyl groups excluding tert-OH is 1. The van der Waals surface area contributed by atoms with E-state index in [4.69, 9.17) is 5.11 Å². The van der Waals surface area contributed by atoms with Crippen LogP contribution in [0.2, 0.25) is 0 Å². The normalized spacial score (nSPS) is 25.4. The highest BCUT2D eigenvalue weighted by atomic mass is 16.3. The third-order valence-electron chi connectivity index (χ3n) is 1.79. The molecule has 1 unspecified atom stereocenters. The van der Waals surface area contributed by atoms with Crippen LogP contribution in [0.3, 0.4) is 0 Å². The zero-order valence-corrected chi connectivity index (χ0v) is 6.16. The predicted molar refractivity (Wildman–Crippen MR) is 37.6 cm³/mol. The average molecular weight is 141 g/mol. The fourth-order valence-electron chi connectivity index (χ4n) is 1.11. The minimum atomic E-state index is -0.127. The van der Waals surface area contributed by atoms with Gasteiger partial charge in [-0.2, -0.15) is 0 Å². The summed E-state index contributed by atoms with van der Waals surface area (Å²) in [6, 6.07) is -0.127. The lowest BCUT2D eigenvalue weighted by atomic mass is 10.3. The number of likely N-dealkylation sites (N-methyl/N-ethyl adjacent to an activating group) is 1. The van der Waals surface area contributed by atoms with Gasteiger partial charge in [0.1, 0.15) is 5.76 Å². The second kappa shape index (κ2) is 2.33. The molecule has 0 spiro atoms. The van der Waals surface area contributed by atoms with Crippen LogP contribution in [0.25, 0.3) is 0 Å². The number of carbonyl (C=O) groups is 1. The fraction of sp³-hybridized carbons (Fsp3) is 0.571. The molecule has 1 rings (SSSR count). The summed E-state index contributed by atoms with van der Waals surface area (Å²) in [5, 5.41) is 9.07. The molecule has 1 N–H and O–H groups in total. The monoisotopic (exact) mass is 141 g/mol. The van der Waals surface area contributed by atoms with Crippen molar-refractivity contribution in [2.24, 2.45) is 0 Å². The van der Waals surface area contributed by atoms with Crippen molar-refractivity contribution in [2.75, 3.05) is 6.54 Å². The molecule has 0 aliphatic carbocycles. The number of carbonyl (C=O) groups excluding carboxylic acids is 1. The molecule has 0 radical (unpaired) electrons. The summed E-state index contributed by atoms with van der Waals surface area (Å²) >= 11 is 0. The van der Waals surface area contributed by atoms with Gasteiger partial charge in [-0.05, 0) is 13.8 Å². The molecule has 56 valence electrons.